The number of carboxylic acid groups (broad SMARTS) is 2. The number of halogens is 1. The number of ether oxygens (including phenoxy) is 1. The first-order chi connectivity index (χ1) is 14.8. The topological polar surface area (TPSA) is 127 Å². The Morgan fingerprint density at radius 3 is 2.10 bits per heavy atom. The summed E-state index contributed by atoms with van der Waals surface area (Å²) >= 11 is 3.36. The van der Waals surface area contributed by atoms with Gasteiger partial charge in [0.1, 0.15) is 5.75 Å². The summed E-state index contributed by atoms with van der Waals surface area (Å²) in [5.41, 5.74) is 6.09. The monoisotopic (exact) mass is 483 g/mol. The molecule has 0 saturated carbocycles. The molecule has 0 saturated heterocycles. The van der Waals surface area contributed by atoms with Gasteiger partial charge in [0.2, 0.25) is 5.91 Å². The number of rotatable bonds is 7. The van der Waals surface area contributed by atoms with Gasteiger partial charge < -0.3 is 20.7 Å². The average Bonchev–Trinajstić information content (AvgIpc) is 2.72. The van der Waals surface area contributed by atoms with E-state index in [-0.39, 0.29) is 27.8 Å². The molecule has 1 amide bonds. The van der Waals surface area contributed by atoms with Crippen LogP contribution in [0, 0.1) is 0 Å². The normalized spacial score (nSPS) is 10.5. The van der Waals surface area contributed by atoms with Gasteiger partial charge in [-0.1, -0.05) is 52.3 Å². The molecule has 0 fully saturated rings. The van der Waals surface area contributed by atoms with Crippen LogP contribution in [0.5, 0.6) is 5.75 Å². The van der Waals surface area contributed by atoms with Gasteiger partial charge in [-0.05, 0) is 34.9 Å². The summed E-state index contributed by atoms with van der Waals surface area (Å²) in [4.78, 5) is 36.5. The molecule has 0 aliphatic carbocycles. The molecule has 7 nitrogen and oxygen atoms in total. The van der Waals surface area contributed by atoms with Crippen LogP contribution in [0.4, 0.5) is 0 Å². The third-order valence-electron chi connectivity index (χ3n) is 4.77. The maximum Gasteiger partial charge on any atom is 0.336 e. The van der Waals surface area contributed by atoms with Gasteiger partial charge in [-0.3, -0.25) is 4.79 Å². The summed E-state index contributed by atoms with van der Waals surface area (Å²) in [5, 5.41) is 20.1. The number of benzene rings is 3. The summed E-state index contributed by atoms with van der Waals surface area (Å²) in [5.74, 6) is -3.04. The molecule has 8 heteroatoms. The minimum atomic E-state index is -1.37. The van der Waals surface area contributed by atoms with Crippen LogP contribution in [0.2, 0.25) is 0 Å². The summed E-state index contributed by atoms with van der Waals surface area (Å²) < 4.78 is 5.89. The quantitative estimate of drug-likeness (QED) is 0.461. The van der Waals surface area contributed by atoms with Gasteiger partial charge in [0.25, 0.3) is 0 Å². The van der Waals surface area contributed by atoms with Gasteiger partial charge in [-0.15, -0.1) is 0 Å². The van der Waals surface area contributed by atoms with Gasteiger partial charge in [0.15, 0.2) is 0 Å². The molecule has 0 spiro atoms. The van der Waals surface area contributed by atoms with E-state index in [1.807, 2.05) is 0 Å². The summed E-state index contributed by atoms with van der Waals surface area (Å²) in [6.45, 7) is 0. The van der Waals surface area contributed by atoms with E-state index in [4.69, 9.17) is 10.5 Å². The number of primary amides is 1. The van der Waals surface area contributed by atoms with Gasteiger partial charge in [-0.2, -0.15) is 0 Å². The van der Waals surface area contributed by atoms with Crippen LogP contribution < -0.4 is 10.5 Å². The molecule has 4 N–H and O–H groups in total. The molecule has 31 heavy (non-hydrogen) atoms. The lowest BCUT2D eigenvalue weighted by Gasteiger charge is -2.20. The fourth-order valence-corrected chi connectivity index (χ4v) is 4.02. The van der Waals surface area contributed by atoms with E-state index in [9.17, 15) is 24.6 Å². The molecule has 0 radical (unpaired) electrons. The molecule has 0 aliphatic heterocycles. The van der Waals surface area contributed by atoms with E-state index in [0.717, 1.165) is 0 Å². The Bertz CT molecular complexity index is 1200. The number of methoxy groups -OCH3 is 1. The second kappa shape index (κ2) is 9.01. The highest BCUT2D eigenvalue weighted by Crippen LogP contribution is 2.42. The van der Waals surface area contributed by atoms with Gasteiger partial charge in [-0.25, -0.2) is 9.59 Å². The smallest absolute Gasteiger partial charge is 0.336 e. The lowest BCUT2D eigenvalue weighted by atomic mass is 9.84. The molecule has 0 bridgehead atoms. The van der Waals surface area contributed by atoms with Crippen molar-refractivity contribution in [1.29, 1.82) is 0 Å². The van der Waals surface area contributed by atoms with E-state index in [2.05, 4.69) is 15.9 Å². The average molecular weight is 484 g/mol. The predicted molar refractivity (Wildman–Crippen MR) is 118 cm³/mol. The van der Waals surface area contributed by atoms with Crippen molar-refractivity contribution in [3.05, 3.63) is 75.8 Å². The number of para-hydroxylation sites is 1. The second-order valence-electron chi connectivity index (χ2n) is 6.63. The molecule has 158 valence electrons. The first-order valence-electron chi connectivity index (χ1n) is 9.09. The Hall–Kier alpha value is -3.65. The number of carboxylic acids is 2. The van der Waals surface area contributed by atoms with E-state index in [1.54, 1.807) is 48.5 Å². The maximum atomic E-state index is 12.4. The molecule has 0 heterocycles. The molecular formula is C23H18BrNO6. The van der Waals surface area contributed by atoms with Crippen molar-refractivity contribution >= 4 is 33.8 Å². The van der Waals surface area contributed by atoms with Crippen LogP contribution in [0.15, 0.2) is 59.1 Å². The molecule has 3 aromatic rings. The molecule has 3 rings (SSSR count). The SMILES string of the molecule is COc1ccccc1-c1cc(C(=O)O)c(-c2ccccc2Br)c(C(=O)O)c1CC(N)=O. The Labute approximate surface area is 186 Å². The number of hydrogen-bond acceptors (Lipinski definition) is 4. The van der Waals surface area contributed by atoms with Crippen LogP contribution in [0.3, 0.4) is 0 Å². The Morgan fingerprint density at radius 2 is 1.55 bits per heavy atom. The summed E-state index contributed by atoms with van der Waals surface area (Å²) in [6.07, 6.45) is -0.396. The maximum absolute atomic E-state index is 12.4. The largest absolute Gasteiger partial charge is 0.496 e. The highest BCUT2D eigenvalue weighted by atomic mass is 79.9. The van der Waals surface area contributed by atoms with Crippen LogP contribution in [0.1, 0.15) is 26.3 Å². The Morgan fingerprint density at radius 1 is 0.935 bits per heavy atom. The summed E-state index contributed by atoms with van der Waals surface area (Å²) in [7, 11) is 1.44. The lowest BCUT2D eigenvalue weighted by molar-refractivity contribution is -0.117. The standard InChI is InChI=1S/C23H18BrNO6/c1-31-18-9-5-3-6-12(18)14-10-16(22(27)28)20(13-7-2-4-8-17(13)24)21(23(29)30)15(14)11-19(25)26/h2-10H,11H2,1H3,(H2,25,26)(H,27,28)(H,29,30). The zero-order valence-electron chi connectivity index (χ0n) is 16.4. The summed E-state index contributed by atoms with van der Waals surface area (Å²) in [6, 6.07) is 14.8. The lowest BCUT2D eigenvalue weighted by Crippen LogP contribution is -2.19. The fraction of sp³-hybridized carbons (Fsp3) is 0.0870. The zero-order chi connectivity index (χ0) is 22.7. The zero-order valence-corrected chi connectivity index (χ0v) is 18.0. The van der Waals surface area contributed by atoms with Crippen LogP contribution in [-0.4, -0.2) is 35.2 Å². The minimum Gasteiger partial charge on any atom is -0.496 e. The third-order valence-corrected chi connectivity index (χ3v) is 5.46. The molecule has 3 aromatic carbocycles. The molecule has 0 unspecified atom stereocenters. The van der Waals surface area contributed by atoms with Crippen molar-refractivity contribution < 1.29 is 29.3 Å². The molecule has 0 atom stereocenters. The highest BCUT2D eigenvalue weighted by molar-refractivity contribution is 9.10. The number of hydrogen-bond donors (Lipinski definition) is 3. The van der Waals surface area contributed by atoms with E-state index in [1.165, 1.54) is 13.2 Å². The van der Waals surface area contributed by atoms with Crippen molar-refractivity contribution in [3.8, 4) is 28.0 Å². The van der Waals surface area contributed by atoms with E-state index in [0.29, 0.717) is 21.3 Å². The first-order valence-corrected chi connectivity index (χ1v) is 9.88. The van der Waals surface area contributed by atoms with Gasteiger partial charge >= 0.3 is 11.9 Å². The van der Waals surface area contributed by atoms with Gasteiger partial charge in [0.05, 0.1) is 24.7 Å². The van der Waals surface area contributed by atoms with Crippen LogP contribution >= 0.6 is 15.9 Å². The third kappa shape index (κ3) is 4.29. The number of amides is 1. The highest BCUT2D eigenvalue weighted by Gasteiger charge is 2.29. The van der Waals surface area contributed by atoms with Crippen LogP contribution in [0.25, 0.3) is 22.3 Å². The molecule has 0 aliphatic rings. The number of nitrogens with two attached hydrogens (primary N) is 1. The van der Waals surface area contributed by atoms with Crippen molar-refractivity contribution in [2.45, 2.75) is 6.42 Å². The second-order valence-corrected chi connectivity index (χ2v) is 7.49. The number of carbonyl (C=O) groups excluding carboxylic acids is 1. The number of carbonyl (C=O) groups is 3. The predicted octanol–water partition coefficient (Wildman–Crippen LogP) is 4.22. The van der Waals surface area contributed by atoms with Crippen LogP contribution in [-0.2, 0) is 11.2 Å². The van der Waals surface area contributed by atoms with E-state index >= 15 is 0 Å². The minimum absolute atomic E-state index is 0.0117. The van der Waals surface area contributed by atoms with Crippen molar-refractivity contribution in [2.75, 3.05) is 7.11 Å². The first kappa shape index (κ1) is 22.0. The van der Waals surface area contributed by atoms with Crippen molar-refractivity contribution in [1.82, 2.24) is 0 Å². The Kier molecular flexibility index (Phi) is 6.41. The van der Waals surface area contributed by atoms with E-state index < -0.39 is 24.3 Å². The van der Waals surface area contributed by atoms with Crippen molar-refractivity contribution in [3.63, 3.8) is 0 Å². The van der Waals surface area contributed by atoms with Crippen molar-refractivity contribution in [2.24, 2.45) is 5.73 Å². The number of aromatic carboxylic acids is 2. The van der Waals surface area contributed by atoms with Gasteiger partial charge in [0, 0.05) is 15.6 Å². The Balaban J connectivity index is 2.55. The fourth-order valence-electron chi connectivity index (χ4n) is 3.54. The molecular weight excluding hydrogens is 466 g/mol. The molecule has 0 aromatic heterocycles.